The molecule has 0 amide bonds. The molecule has 1 N–H and O–H groups in total. The summed E-state index contributed by atoms with van der Waals surface area (Å²) in [7, 11) is 3.07. The van der Waals surface area contributed by atoms with Crippen molar-refractivity contribution in [3.8, 4) is 11.5 Å². The zero-order valence-corrected chi connectivity index (χ0v) is 12.5. The molecule has 0 aliphatic carbocycles. The lowest BCUT2D eigenvalue weighted by molar-refractivity contribution is 0.223. The third kappa shape index (κ3) is 2.86. The molecular formula is C14H15ClO3S. The topological polar surface area (TPSA) is 38.7 Å². The van der Waals surface area contributed by atoms with Crippen LogP contribution in [-0.4, -0.2) is 19.3 Å². The Morgan fingerprint density at radius 1 is 1.21 bits per heavy atom. The molecule has 19 heavy (non-hydrogen) atoms. The van der Waals surface area contributed by atoms with Gasteiger partial charge in [-0.2, -0.15) is 0 Å². The first-order valence-corrected chi connectivity index (χ1v) is 6.92. The Hall–Kier alpha value is -1.23. The van der Waals surface area contributed by atoms with Gasteiger partial charge in [-0.1, -0.05) is 11.6 Å². The molecule has 0 spiro atoms. The number of hydrogen-bond acceptors (Lipinski definition) is 4. The number of aliphatic hydroxyl groups excluding tert-OH is 1. The number of benzene rings is 1. The van der Waals surface area contributed by atoms with Crippen molar-refractivity contribution < 1.29 is 14.6 Å². The molecule has 5 heteroatoms. The third-order valence-electron chi connectivity index (χ3n) is 2.80. The molecule has 0 radical (unpaired) electrons. The molecule has 2 rings (SSSR count). The van der Waals surface area contributed by atoms with Crippen molar-refractivity contribution in [2.75, 3.05) is 14.2 Å². The number of ether oxygens (including phenoxy) is 2. The third-order valence-corrected chi connectivity index (χ3v) is 4.14. The normalized spacial score (nSPS) is 12.3. The lowest BCUT2D eigenvalue weighted by Crippen LogP contribution is -2.00. The quantitative estimate of drug-likeness (QED) is 0.933. The monoisotopic (exact) mass is 298 g/mol. The average Bonchev–Trinajstić information content (AvgIpc) is 2.83. The Morgan fingerprint density at radius 2 is 1.95 bits per heavy atom. The molecular weight excluding hydrogens is 284 g/mol. The molecule has 0 aliphatic rings. The highest BCUT2D eigenvalue weighted by molar-refractivity contribution is 7.12. The zero-order chi connectivity index (χ0) is 14.0. The fourth-order valence-corrected chi connectivity index (χ4v) is 3.05. The van der Waals surface area contributed by atoms with Crippen molar-refractivity contribution in [2.45, 2.75) is 13.0 Å². The molecule has 0 fully saturated rings. The van der Waals surface area contributed by atoms with E-state index in [4.69, 9.17) is 21.1 Å². The van der Waals surface area contributed by atoms with Crippen LogP contribution in [0, 0.1) is 6.92 Å². The molecule has 2 aromatic rings. The van der Waals surface area contributed by atoms with Gasteiger partial charge in [-0.15, -0.1) is 11.3 Å². The summed E-state index contributed by atoms with van der Waals surface area (Å²) in [6, 6.07) is 7.33. The van der Waals surface area contributed by atoms with Crippen LogP contribution in [0.2, 0.25) is 5.02 Å². The summed E-state index contributed by atoms with van der Waals surface area (Å²) >= 11 is 7.69. The summed E-state index contributed by atoms with van der Waals surface area (Å²) in [6.45, 7) is 2.00. The van der Waals surface area contributed by atoms with E-state index in [1.165, 1.54) is 7.11 Å². The van der Waals surface area contributed by atoms with E-state index in [0.29, 0.717) is 22.1 Å². The molecule has 102 valence electrons. The van der Waals surface area contributed by atoms with Gasteiger partial charge in [0.2, 0.25) is 0 Å². The van der Waals surface area contributed by atoms with Crippen molar-refractivity contribution >= 4 is 22.9 Å². The summed E-state index contributed by atoms with van der Waals surface area (Å²) in [5.74, 6) is 0.986. The van der Waals surface area contributed by atoms with Gasteiger partial charge in [-0.3, -0.25) is 0 Å². The maximum Gasteiger partial charge on any atom is 0.179 e. The van der Waals surface area contributed by atoms with Crippen molar-refractivity contribution in [3.05, 3.63) is 44.6 Å². The van der Waals surface area contributed by atoms with Crippen LogP contribution < -0.4 is 9.47 Å². The number of aryl methyl sites for hydroxylation is 1. The fourth-order valence-electron chi connectivity index (χ4n) is 1.86. The molecule has 0 saturated carbocycles. The van der Waals surface area contributed by atoms with Gasteiger partial charge in [0, 0.05) is 9.75 Å². The first kappa shape index (κ1) is 14.2. The van der Waals surface area contributed by atoms with Crippen molar-refractivity contribution in [1.29, 1.82) is 0 Å². The van der Waals surface area contributed by atoms with Crippen LogP contribution in [0.3, 0.4) is 0 Å². The summed E-state index contributed by atoms with van der Waals surface area (Å²) in [5.41, 5.74) is 0.685. The molecule has 0 aliphatic heterocycles. The lowest BCUT2D eigenvalue weighted by atomic mass is 10.1. The van der Waals surface area contributed by atoms with E-state index in [1.54, 1.807) is 30.6 Å². The largest absolute Gasteiger partial charge is 0.493 e. The van der Waals surface area contributed by atoms with Crippen LogP contribution in [0.5, 0.6) is 11.5 Å². The summed E-state index contributed by atoms with van der Waals surface area (Å²) in [4.78, 5) is 2.03. The SMILES string of the molecule is COc1cc(C(O)c2ccc(C)s2)cc(Cl)c1OC. The van der Waals surface area contributed by atoms with E-state index in [-0.39, 0.29) is 0 Å². The lowest BCUT2D eigenvalue weighted by Gasteiger charge is -2.14. The highest BCUT2D eigenvalue weighted by Gasteiger charge is 2.18. The standard InChI is InChI=1S/C14H15ClO3S/c1-8-4-5-12(19-8)13(16)9-6-10(15)14(18-3)11(7-9)17-2/h4-7,13,16H,1-3H3. The predicted molar refractivity (Wildman–Crippen MR) is 77.7 cm³/mol. The molecule has 3 nitrogen and oxygen atoms in total. The molecule has 1 aromatic heterocycles. The Bertz CT molecular complexity index is 580. The van der Waals surface area contributed by atoms with Gasteiger partial charge < -0.3 is 14.6 Å². The number of rotatable bonds is 4. The van der Waals surface area contributed by atoms with E-state index in [1.807, 2.05) is 19.1 Å². The maximum atomic E-state index is 10.4. The Morgan fingerprint density at radius 3 is 2.47 bits per heavy atom. The molecule has 0 saturated heterocycles. The van der Waals surface area contributed by atoms with Crippen LogP contribution in [0.4, 0.5) is 0 Å². The second-order valence-electron chi connectivity index (χ2n) is 4.09. The molecule has 0 bridgehead atoms. The fraction of sp³-hybridized carbons (Fsp3) is 0.286. The predicted octanol–water partition coefficient (Wildman–Crippen LogP) is 3.81. The van der Waals surface area contributed by atoms with Crippen LogP contribution in [0.1, 0.15) is 21.4 Å². The van der Waals surface area contributed by atoms with E-state index >= 15 is 0 Å². The minimum Gasteiger partial charge on any atom is -0.493 e. The molecule has 1 aromatic carbocycles. The zero-order valence-electron chi connectivity index (χ0n) is 10.9. The summed E-state index contributed by atoms with van der Waals surface area (Å²) in [5, 5.41) is 10.8. The van der Waals surface area contributed by atoms with Crippen molar-refractivity contribution in [1.82, 2.24) is 0 Å². The minimum atomic E-state index is -0.712. The molecule has 1 unspecified atom stereocenters. The Kier molecular flexibility index (Phi) is 4.34. The summed E-state index contributed by atoms with van der Waals surface area (Å²) in [6.07, 6.45) is -0.712. The van der Waals surface area contributed by atoms with Gasteiger partial charge in [-0.25, -0.2) is 0 Å². The number of aliphatic hydroxyl groups is 1. The first-order chi connectivity index (χ1) is 9.06. The van der Waals surface area contributed by atoms with E-state index in [0.717, 1.165) is 9.75 Å². The average molecular weight is 299 g/mol. The first-order valence-electron chi connectivity index (χ1n) is 5.72. The molecule has 1 atom stereocenters. The van der Waals surface area contributed by atoms with Crippen LogP contribution in [-0.2, 0) is 0 Å². The van der Waals surface area contributed by atoms with Crippen molar-refractivity contribution in [3.63, 3.8) is 0 Å². The second-order valence-corrected chi connectivity index (χ2v) is 5.82. The maximum absolute atomic E-state index is 10.4. The van der Waals surface area contributed by atoms with Gasteiger partial charge in [0.15, 0.2) is 11.5 Å². The van der Waals surface area contributed by atoms with Crippen LogP contribution in [0.15, 0.2) is 24.3 Å². The number of methoxy groups -OCH3 is 2. The number of hydrogen-bond donors (Lipinski definition) is 1. The Balaban J connectivity index is 2.42. The van der Waals surface area contributed by atoms with E-state index < -0.39 is 6.10 Å². The number of thiophene rings is 1. The van der Waals surface area contributed by atoms with Gasteiger partial charge in [0.1, 0.15) is 6.10 Å². The Labute approximate surface area is 121 Å². The highest BCUT2D eigenvalue weighted by Crippen LogP contribution is 2.39. The highest BCUT2D eigenvalue weighted by atomic mass is 35.5. The van der Waals surface area contributed by atoms with E-state index in [2.05, 4.69) is 0 Å². The van der Waals surface area contributed by atoms with Gasteiger partial charge in [0.25, 0.3) is 0 Å². The van der Waals surface area contributed by atoms with Crippen LogP contribution in [0.25, 0.3) is 0 Å². The smallest absolute Gasteiger partial charge is 0.179 e. The van der Waals surface area contributed by atoms with Gasteiger partial charge in [0.05, 0.1) is 19.2 Å². The molecule has 1 heterocycles. The summed E-state index contributed by atoms with van der Waals surface area (Å²) < 4.78 is 10.4. The minimum absolute atomic E-state index is 0.421. The van der Waals surface area contributed by atoms with Gasteiger partial charge >= 0.3 is 0 Å². The van der Waals surface area contributed by atoms with Gasteiger partial charge in [-0.05, 0) is 36.8 Å². The second kappa shape index (κ2) is 5.82. The van der Waals surface area contributed by atoms with Crippen LogP contribution >= 0.6 is 22.9 Å². The van der Waals surface area contributed by atoms with E-state index in [9.17, 15) is 5.11 Å². The van der Waals surface area contributed by atoms with Crippen molar-refractivity contribution in [2.24, 2.45) is 0 Å². The number of halogens is 1.